The summed E-state index contributed by atoms with van der Waals surface area (Å²) in [5.41, 5.74) is 4.76. The first-order chi connectivity index (χ1) is 14.9. The molecule has 31 heavy (non-hydrogen) atoms. The zero-order valence-electron chi connectivity index (χ0n) is 18.6. The van der Waals surface area contributed by atoms with Gasteiger partial charge in [0.15, 0.2) is 5.11 Å². The number of benzene rings is 2. The lowest BCUT2D eigenvalue weighted by atomic mass is 10.0. The molecule has 4 nitrogen and oxygen atoms in total. The third-order valence-electron chi connectivity index (χ3n) is 6.20. The van der Waals surface area contributed by atoms with E-state index in [1.54, 1.807) is 12.1 Å². The molecule has 3 aromatic rings. The van der Waals surface area contributed by atoms with Crippen molar-refractivity contribution in [3.8, 4) is 11.1 Å². The minimum atomic E-state index is -0.197. The first kappa shape index (κ1) is 21.8. The highest BCUT2D eigenvalue weighted by atomic mass is 32.1. The normalized spacial score (nSPS) is 15.4. The average Bonchev–Trinajstić information content (AvgIpc) is 3.13. The van der Waals surface area contributed by atoms with E-state index in [0.717, 1.165) is 49.7 Å². The molecule has 164 valence electrons. The highest BCUT2D eigenvalue weighted by molar-refractivity contribution is 7.80. The lowest BCUT2D eigenvalue weighted by Gasteiger charge is -2.33. The Morgan fingerprint density at radius 2 is 1.84 bits per heavy atom. The number of hydrogen-bond acceptors (Lipinski definition) is 2. The Balaban J connectivity index is 1.49. The Morgan fingerprint density at radius 1 is 1.13 bits per heavy atom. The van der Waals surface area contributed by atoms with E-state index in [4.69, 9.17) is 12.2 Å². The minimum absolute atomic E-state index is 0.197. The summed E-state index contributed by atoms with van der Waals surface area (Å²) < 4.78 is 15.9. The highest BCUT2D eigenvalue weighted by Crippen LogP contribution is 2.36. The summed E-state index contributed by atoms with van der Waals surface area (Å²) in [7, 11) is 3.92. The van der Waals surface area contributed by atoms with Gasteiger partial charge in [-0.25, -0.2) is 4.39 Å². The number of rotatable bonds is 5. The second kappa shape index (κ2) is 9.37. The number of halogens is 1. The van der Waals surface area contributed by atoms with Crippen LogP contribution in [-0.4, -0.2) is 59.8 Å². The quantitative estimate of drug-likeness (QED) is 0.577. The molecule has 0 bridgehead atoms. The third-order valence-corrected chi connectivity index (χ3v) is 6.71. The fraction of sp³-hybridized carbons (Fsp3) is 0.400. The number of aromatic nitrogens is 1. The van der Waals surface area contributed by atoms with E-state index in [0.29, 0.717) is 6.04 Å². The first-order valence-corrected chi connectivity index (χ1v) is 11.4. The highest BCUT2D eigenvalue weighted by Gasteiger charge is 2.23. The molecule has 1 saturated heterocycles. The molecular weight excluding hydrogens is 407 g/mol. The summed E-state index contributed by atoms with van der Waals surface area (Å²) in [6, 6.07) is 14.0. The van der Waals surface area contributed by atoms with Gasteiger partial charge in [-0.15, -0.1) is 0 Å². The maximum atomic E-state index is 13.5. The first-order valence-electron chi connectivity index (χ1n) is 11.0. The van der Waals surface area contributed by atoms with Crippen molar-refractivity contribution >= 4 is 28.2 Å². The van der Waals surface area contributed by atoms with Crippen LogP contribution >= 0.6 is 12.2 Å². The topological polar surface area (TPSA) is 23.4 Å². The van der Waals surface area contributed by atoms with Crippen molar-refractivity contribution in [2.45, 2.75) is 25.8 Å². The van der Waals surface area contributed by atoms with Crippen LogP contribution in [0.15, 0.2) is 48.7 Å². The second-order valence-electron chi connectivity index (χ2n) is 8.68. The molecule has 0 amide bonds. The van der Waals surface area contributed by atoms with Crippen LogP contribution in [0.1, 0.15) is 24.4 Å². The maximum absolute atomic E-state index is 13.5. The molecule has 0 atom stereocenters. The average molecular weight is 439 g/mol. The number of nitrogens with one attached hydrogen (secondary N) is 1. The number of nitrogens with zero attached hydrogens (tertiary/aromatic N) is 3. The summed E-state index contributed by atoms with van der Waals surface area (Å²) in [5, 5.41) is 5.35. The van der Waals surface area contributed by atoms with Crippen LogP contribution in [0, 0.1) is 12.7 Å². The zero-order chi connectivity index (χ0) is 22.0. The molecule has 2 heterocycles. The summed E-state index contributed by atoms with van der Waals surface area (Å²) in [5.74, 6) is -0.197. The summed E-state index contributed by atoms with van der Waals surface area (Å²) in [6.45, 7) is 6.17. The van der Waals surface area contributed by atoms with Crippen molar-refractivity contribution < 1.29 is 4.39 Å². The van der Waals surface area contributed by atoms with E-state index in [1.165, 1.54) is 22.0 Å². The molecule has 0 saturated carbocycles. The molecule has 0 aliphatic carbocycles. The number of aryl methyl sites for hydroxylation is 1. The molecule has 0 spiro atoms. The van der Waals surface area contributed by atoms with Gasteiger partial charge < -0.3 is 19.7 Å². The molecule has 4 rings (SSSR count). The summed E-state index contributed by atoms with van der Waals surface area (Å²) in [6.07, 6.45) is 4.52. The summed E-state index contributed by atoms with van der Waals surface area (Å²) >= 11 is 5.30. The van der Waals surface area contributed by atoms with Gasteiger partial charge in [0.05, 0.1) is 0 Å². The van der Waals surface area contributed by atoms with Gasteiger partial charge in [0, 0.05) is 69.0 Å². The Bertz CT molecular complexity index is 1050. The zero-order valence-corrected chi connectivity index (χ0v) is 19.4. The molecule has 0 unspecified atom stereocenters. The van der Waals surface area contributed by atoms with Gasteiger partial charge in [-0.2, -0.15) is 0 Å². The van der Waals surface area contributed by atoms with Gasteiger partial charge in [0.1, 0.15) is 5.82 Å². The maximum Gasteiger partial charge on any atom is 0.168 e. The second-order valence-corrected chi connectivity index (χ2v) is 9.06. The molecule has 0 radical (unpaired) electrons. The van der Waals surface area contributed by atoms with Gasteiger partial charge >= 0.3 is 0 Å². The SMILES string of the molecule is Cc1ccc2c(c1)c(-c1ccc(F)cc1)cn2C1CCN(CCNC(=S)N(C)C)CC1. The third kappa shape index (κ3) is 4.91. The Kier molecular flexibility index (Phi) is 6.58. The summed E-state index contributed by atoms with van der Waals surface area (Å²) in [4.78, 5) is 4.44. The number of fused-ring (bicyclic) bond motifs is 1. The van der Waals surface area contributed by atoms with Crippen molar-refractivity contribution in [3.63, 3.8) is 0 Å². The van der Waals surface area contributed by atoms with Crippen molar-refractivity contribution in [3.05, 3.63) is 60.0 Å². The van der Waals surface area contributed by atoms with Crippen LogP contribution in [0.3, 0.4) is 0 Å². The molecule has 1 fully saturated rings. The fourth-order valence-electron chi connectivity index (χ4n) is 4.43. The molecule has 1 aliphatic heterocycles. The van der Waals surface area contributed by atoms with Gasteiger partial charge in [-0.1, -0.05) is 23.8 Å². The van der Waals surface area contributed by atoms with E-state index in [1.807, 2.05) is 31.1 Å². The van der Waals surface area contributed by atoms with Gasteiger partial charge in [0.2, 0.25) is 0 Å². The number of likely N-dealkylation sites (tertiary alicyclic amines) is 1. The van der Waals surface area contributed by atoms with E-state index in [9.17, 15) is 4.39 Å². The van der Waals surface area contributed by atoms with Gasteiger partial charge in [-0.3, -0.25) is 0 Å². The van der Waals surface area contributed by atoms with Crippen LogP contribution in [0.2, 0.25) is 0 Å². The Morgan fingerprint density at radius 3 is 2.52 bits per heavy atom. The lowest BCUT2D eigenvalue weighted by molar-refractivity contribution is 0.191. The van der Waals surface area contributed by atoms with Gasteiger partial charge in [0.25, 0.3) is 0 Å². The molecule has 1 aromatic heterocycles. The van der Waals surface area contributed by atoms with Crippen LogP contribution in [-0.2, 0) is 0 Å². The molecular formula is C25H31FN4S. The Hall–Kier alpha value is -2.44. The lowest BCUT2D eigenvalue weighted by Crippen LogP contribution is -2.42. The smallest absolute Gasteiger partial charge is 0.168 e. The van der Waals surface area contributed by atoms with Crippen molar-refractivity contribution in [2.24, 2.45) is 0 Å². The molecule has 1 N–H and O–H groups in total. The molecule has 1 aliphatic rings. The van der Waals surface area contributed by atoms with Crippen LogP contribution in [0.4, 0.5) is 4.39 Å². The minimum Gasteiger partial charge on any atom is -0.361 e. The van der Waals surface area contributed by atoms with Crippen molar-refractivity contribution in [1.29, 1.82) is 0 Å². The van der Waals surface area contributed by atoms with Crippen LogP contribution in [0.5, 0.6) is 0 Å². The van der Waals surface area contributed by atoms with Gasteiger partial charge in [-0.05, 0) is 61.8 Å². The van der Waals surface area contributed by atoms with E-state index in [-0.39, 0.29) is 5.82 Å². The number of thiocarbonyl (C=S) groups is 1. The molecule has 2 aromatic carbocycles. The predicted octanol–water partition coefficient (Wildman–Crippen LogP) is 4.83. The fourth-order valence-corrected chi connectivity index (χ4v) is 4.53. The number of piperidine rings is 1. The van der Waals surface area contributed by atoms with Crippen LogP contribution < -0.4 is 5.32 Å². The largest absolute Gasteiger partial charge is 0.361 e. The van der Waals surface area contributed by atoms with E-state index < -0.39 is 0 Å². The number of hydrogen-bond donors (Lipinski definition) is 1. The van der Waals surface area contributed by atoms with Crippen molar-refractivity contribution in [1.82, 2.24) is 19.7 Å². The van der Waals surface area contributed by atoms with Crippen LogP contribution in [0.25, 0.3) is 22.0 Å². The standard InChI is InChI=1S/C25H31FN4S/c1-18-4-9-24-22(16-18)23(19-5-7-20(26)8-6-19)17-30(24)21-10-13-29(14-11-21)15-12-27-25(31)28(2)3/h4-9,16-17,21H,10-15H2,1-3H3,(H,27,31). The van der Waals surface area contributed by atoms with E-state index >= 15 is 0 Å². The molecule has 6 heteroatoms. The van der Waals surface area contributed by atoms with E-state index in [2.05, 4.69) is 46.1 Å². The van der Waals surface area contributed by atoms with Crippen molar-refractivity contribution in [2.75, 3.05) is 40.3 Å². The Labute approximate surface area is 189 Å². The monoisotopic (exact) mass is 438 g/mol. The predicted molar refractivity (Wildman–Crippen MR) is 131 cm³/mol.